The van der Waals surface area contributed by atoms with Gasteiger partial charge in [-0.05, 0) is 57.6 Å². The number of anilines is 1. The Labute approximate surface area is 218 Å². The molecule has 0 fully saturated rings. The Kier molecular flexibility index (Phi) is 6.88. The maximum Gasteiger partial charge on any atom is 0.155 e. The standard InChI is InChI=1S/C24H19N3.C5H8O2.Ir/c1-16(2)25-12-13-26(15-25)17-10-11-19-21-8-5-7-20-18-6-3-4-9-22(18)27(24(20)21)23(19)14-17;1-4(6)3-5(2)7;/h3-9,11-16H,1-2H3;3,6H,1-2H3;/q-2;;/b;4-3-;. The van der Waals surface area contributed by atoms with Crippen molar-refractivity contribution in [3.05, 3.63) is 91.6 Å². The van der Waals surface area contributed by atoms with Gasteiger partial charge in [-0.3, -0.25) is 4.79 Å². The largest absolute Gasteiger partial charge is 0.512 e. The minimum atomic E-state index is -0.125. The molecule has 0 spiro atoms. The third-order valence-electron chi connectivity index (χ3n) is 6.08. The number of nitrogens with zero attached hydrogens (tertiary/aromatic N) is 3. The predicted octanol–water partition coefficient (Wildman–Crippen LogP) is 6.79. The van der Waals surface area contributed by atoms with Crippen molar-refractivity contribution in [2.75, 3.05) is 4.90 Å². The molecule has 1 radical (unpaired) electrons. The van der Waals surface area contributed by atoms with E-state index < -0.39 is 0 Å². The van der Waals surface area contributed by atoms with Gasteiger partial charge in [0.15, 0.2) is 5.78 Å². The molecule has 6 heteroatoms. The van der Waals surface area contributed by atoms with Crippen LogP contribution in [0.25, 0.3) is 38.1 Å². The number of benzene rings is 3. The Hall–Kier alpha value is -3.34. The summed E-state index contributed by atoms with van der Waals surface area (Å²) in [5, 5.41) is 13.6. The molecule has 0 amide bonds. The molecule has 6 rings (SSSR count). The molecule has 1 aliphatic heterocycles. The Morgan fingerprint density at radius 3 is 2.29 bits per heavy atom. The Morgan fingerprint density at radius 2 is 1.66 bits per heavy atom. The van der Waals surface area contributed by atoms with E-state index in [4.69, 9.17) is 5.11 Å². The molecule has 1 N–H and O–H groups in total. The van der Waals surface area contributed by atoms with Gasteiger partial charge in [-0.15, -0.1) is 17.1 Å². The summed E-state index contributed by atoms with van der Waals surface area (Å²) in [4.78, 5) is 14.4. The first-order valence-corrected chi connectivity index (χ1v) is 11.4. The zero-order valence-corrected chi connectivity index (χ0v) is 22.5. The second kappa shape index (κ2) is 9.73. The topological polar surface area (TPSA) is 48.2 Å². The summed E-state index contributed by atoms with van der Waals surface area (Å²) in [6.07, 6.45) is 5.38. The summed E-state index contributed by atoms with van der Waals surface area (Å²) in [5.41, 5.74) is 4.87. The number of aromatic nitrogens is 1. The van der Waals surface area contributed by atoms with Gasteiger partial charge in [-0.1, -0.05) is 41.9 Å². The fraction of sp³-hybridized carbons (Fsp3) is 0.172. The van der Waals surface area contributed by atoms with Crippen LogP contribution in [0.1, 0.15) is 27.7 Å². The minimum absolute atomic E-state index is 0. The molecule has 1 aliphatic rings. The van der Waals surface area contributed by atoms with Crippen molar-refractivity contribution < 1.29 is 30.0 Å². The molecular weight excluding hydrogens is 615 g/mol. The van der Waals surface area contributed by atoms with Crippen LogP contribution >= 0.6 is 0 Å². The normalized spacial score (nSPS) is 13.8. The molecule has 3 aromatic carbocycles. The number of hydrogen-bond donors (Lipinski definition) is 1. The zero-order valence-electron chi connectivity index (χ0n) is 20.1. The van der Waals surface area contributed by atoms with E-state index in [9.17, 15) is 4.79 Å². The van der Waals surface area contributed by atoms with Crippen LogP contribution in [-0.2, 0) is 24.9 Å². The van der Waals surface area contributed by atoms with Crippen molar-refractivity contribution in [2.24, 2.45) is 0 Å². The maximum absolute atomic E-state index is 10.0. The van der Waals surface area contributed by atoms with Crippen molar-refractivity contribution >= 4 is 49.6 Å². The summed E-state index contributed by atoms with van der Waals surface area (Å²) in [6, 6.07) is 23.6. The average molecular weight is 642 g/mol. The van der Waals surface area contributed by atoms with Gasteiger partial charge >= 0.3 is 0 Å². The molecule has 0 atom stereocenters. The predicted molar refractivity (Wildman–Crippen MR) is 140 cm³/mol. The molecule has 0 unspecified atom stereocenters. The second-order valence-electron chi connectivity index (χ2n) is 8.93. The van der Waals surface area contributed by atoms with E-state index in [1.807, 2.05) is 0 Å². The molecule has 181 valence electrons. The molecule has 0 saturated heterocycles. The van der Waals surface area contributed by atoms with Gasteiger partial charge in [0.1, 0.15) is 0 Å². The minimum Gasteiger partial charge on any atom is -0.512 e. The number of aliphatic hydroxyl groups excluding tert-OH is 1. The van der Waals surface area contributed by atoms with Crippen LogP contribution < -0.4 is 4.90 Å². The third-order valence-corrected chi connectivity index (χ3v) is 6.08. The quantitative estimate of drug-likeness (QED) is 0.134. The molecular formula is C29H27IrN3O2-2. The average Bonchev–Trinajstić information content (AvgIpc) is 3.50. The first-order valence-electron chi connectivity index (χ1n) is 11.4. The van der Waals surface area contributed by atoms with Crippen LogP contribution in [0, 0.1) is 12.7 Å². The molecule has 5 nitrogen and oxygen atoms in total. The molecule has 3 heterocycles. The van der Waals surface area contributed by atoms with Crippen LogP contribution in [0.3, 0.4) is 0 Å². The molecule has 0 aliphatic carbocycles. The number of aliphatic hydroxyl groups is 1. The molecule has 5 aromatic rings. The van der Waals surface area contributed by atoms with E-state index in [0.29, 0.717) is 6.04 Å². The number of allylic oxidation sites excluding steroid dienone is 2. The van der Waals surface area contributed by atoms with Crippen LogP contribution in [0.15, 0.2) is 78.8 Å². The van der Waals surface area contributed by atoms with Gasteiger partial charge < -0.3 is 19.3 Å². The number of fused-ring (bicyclic) bond motifs is 6. The van der Waals surface area contributed by atoms with Crippen molar-refractivity contribution in [2.45, 2.75) is 33.7 Å². The number of rotatable bonds is 3. The van der Waals surface area contributed by atoms with Gasteiger partial charge in [0.25, 0.3) is 0 Å². The monoisotopic (exact) mass is 642 g/mol. The van der Waals surface area contributed by atoms with Gasteiger partial charge in [-0.25, -0.2) is 0 Å². The van der Waals surface area contributed by atoms with Crippen molar-refractivity contribution in [1.29, 1.82) is 0 Å². The van der Waals surface area contributed by atoms with Crippen molar-refractivity contribution in [3.8, 4) is 0 Å². The Bertz CT molecular complexity index is 1580. The number of hydrogen-bond acceptors (Lipinski definition) is 4. The summed E-state index contributed by atoms with van der Waals surface area (Å²) in [7, 11) is 0. The van der Waals surface area contributed by atoms with Gasteiger partial charge in [-0.2, -0.15) is 18.8 Å². The maximum atomic E-state index is 10.0. The number of carbonyl (C=O) groups excluding carboxylic acids is 1. The van der Waals surface area contributed by atoms with Crippen molar-refractivity contribution in [1.82, 2.24) is 9.30 Å². The molecule has 0 bridgehead atoms. The zero-order chi connectivity index (χ0) is 24.0. The Morgan fingerprint density at radius 1 is 0.971 bits per heavy atom. The van der Waals surface area contributed by atoms with E-state index in [1.165, 1.54) is 58.0 Å². The van der Waals surface area contributed by atoms with Crippen LogP contribution in [-0.4, -0.2) is 26.2 Å². The summed E-state index contributed by atoms with van der Waals surface area (Å²) >= 11 is 0. The molecule has 35 heavy (non-hydrogen) atoms. The van der Waals surface area contributed by atoms with Crippen LogP contribution in [0.4, 0.5) is 5.69 Å². The number of ketones is 1. The van der Waals surface area contributed by atoms with Crippen molar-refractivity contribution in [3.63, 3.8) is 0 Å². The fourth-order valence-electron chi connectivity index (χ4n) is 4.62. The third kappa shape index (κ3) is 4.40. The summed E-state index contributed by atoms with van der Waals surface area (Å²) in [5.74, 6) is -0.0625. The fourth-order valence-corrected chi connectivity index (χ4v) is 4.62. The van der Waals surface area contributed by atoms with Gasteiger partial charge in [0.05, 0.1) is 11.3 Å². The number of para-hydroxylation sites is 2. The summed E-state index contributed by atoms with van der Waals surface area (Å²) in [6.45, 7) is 9.36. The van der Waals surface area contributed by atoms with E-state index in [2.05, 4.69) is 108 Å². The molecule has 2 aromatic heterocycles. The SMILES string of the molecule is CC(=O)/C=C(/C)O.CC(C)N1C=CN(c2[c-]cc3c4cccc5c6ccccc6n(c3c2)c54)[CH-]1.[Ir]. The molecule has 0 saturated carbocycles. The van der Waals surface area contributed by atoms with Gasteiger partial charge in [0, 0.05) is 42.5 Å². The van der Waals surface area contributed by atoms with E-state index >= 15 is 0 Å². The van der Waals surface area contributed by atoms with Gasteiger partial charge in [0.2, 0.25) is 0 Å². The van der Waals surface area contributed by atoms with E-state index in [-0.39, 0.29) is 31.6 Å². The number of carbonyl (C=O) groups is 1. The van der Waals surface area contributed by atoms with Crippen LogP contribution in [0.5, 0.6) is 0 Å². The Balaban J connectivity index is 0.000000320. The first-order chi connectivity index (χ1) is 16.3. The van der Waals surface area contributed by atoms with Crippen LogP contribution in [0.2, 0.25) is 0 Å². The van der Waals surface area contributed by atoms with E-state index in [0.717, 1.165) is 5.69 Å². The first kappa shape index (κ1) is 24.8. The smallest absolute Gasteiger partial charge is 0.155 e. The second-order valence-corrected chi connectivity index (χ2v) is 8.93. The van der Waals surface area contributed by atoms with E-state index in [1.54, 1.807) is 0 Å². The summed E-state index contributed by atoms with van der Waals surface area (Å²) < 4.78 is 2.41.